The maximum Gasteiger partial charge on any atom is 0.158 e. The lowest BCUT2D eigenvalue weighted by Gasteiger charge is -2.25. The Morgan fingerprint density at radius 1 is 1.12 bits per heavy atom. The van der Waals surface area contributed by atoms with E-state index in [4.69, 9.17) is 0 Å². The normalized spacial score (nSPS) is 13.8. The lowest BCUT2D eigenvalue weighted by molar-refractivity contribution is 0.551. The number of pyridine rings is 1. The molecule has 0 aliphatic heterocycles. The van der Waals surface area contributed by atoms with Crippen LogP contribution in [0.4, 0.5) is 0 Å². The molecule has 17 heavy (non-hydrogen) atoms. The monoisotopic (exact) mass is 255 g/mol. The van der Waals surface area contributed by atoms with Crippen LogP contribution in [-0.4, -0.2) is 19.7 Å². The van der Waals surface area contributed by atoms with E-state index in [0.29, 0.717) is 5.69 Å². The van der Waals surface area contributed by atoms with Crippen LogP contribution in [0.25, 0.3) is 0 Å². The fraction of sp³-hybridized carbons (Fsp3) is 0.615. The lowest BCUT2D eigenvalue weighted by atomic mass is 9.86. The Balaban J connectivity index is 3.36. The zero-order chi connectivity index (χ0) is 13.5. The van der Waals surface area contributed by atoms with Crippen LogP contribution >= 0.6 is 0 Å². The Morgan fingerprint density at radius 3 is 2.06 bits per heavy atom. The number of nitrogens with zero attached hydrogens (tertiary/aromatic N) is 1. The summed E-state index contributed by atoms with van der Waals surface area (Å²) in [6, 6.07) is 3.82. The minimum atomic E-state index is -3.18. The van der Waals surface area contributed by atoms with Crippen molar-refractivity contribution in [2.45, 2.75) is 44.8 Å². The zero-order valence-electron chi connectivity index (χ0n) is 11.4. The van der Waals surface area contributed by atoms with Crippen molar-refractivity contribution in [1.29, 1.82) is 0 Å². The first kappa shape index (κ1) is 14.2. The van der Waals surface area contributed by atoms with Crippen molar-refractivity contribution in [3.8, 4) is 0 Å². The SMILES string of the molecule is CC(C)(C)c1ccnc(C(C)(C)S(C)(=O)=O)c1. The highest BCUT2D eigenvalue weighted by Crippen LogP contribution is 2.30. The van der Waals surface area contributed by atoms with Crippen molar-refractivity contribution < 1.29 is 8.42 Å². The van der Waals surface area contributed by atoms with Crippen molar-refractivity contribution in [2.24, 2.45) is 0 Å². The number of sulfone groups is 1. The van der Waals surface area contributed by atoms with Crippen molar-refractivity contribution >= 4 is 9.84 Å². The maximum absolute atomic E-state index is 11.8. The van der Waals surface area contributed by atoms with Crippen LogP contribution < -0.4 is 0 Å². The fourth-order valence-corrected chi connectivity index (χ4v) is 1.91. The summed E-state index contributed by atoms with van der Waals surface area (Å²) in [5, 5.41) is 0. The summed E-state index contributed by atoms with van der Waals surface area (Å²) < 4.78 is 22.6. The summed E-state index contributed by atoms with van der Waals surface area (Å²) in [5.41, 5.74) is 1.69. The average Bonchev–Trinajstić information content (AvgIpc) is 2.15. The van der Waals surface area contributed by atoms with E-state index in [9.17, 15) is 8.42 Å². The Morgan fingerprint density at radius 2 is 1.65 bits per heavy atom. The molecule has 1 rings (SSSR count). The minimum Gasteiger partial charge on any atom is -0.260 e. The number of hydrogen-bond acceptors (Lipinski definition) is 3. The van der Waals surface area contributed by atoms with Gasteiger partial charge in [0.15, 0.2) is 9.84 Å². The molecule has 96 valence electrons. The first-order valence-electron chi connectivity index (χ1n) is 5.63. The van der Waals surface area contributed by atoms with Gasteiger partial charge in [-0.2, -0.15) is 0 Å². The Kier molecular flexibility index (Phi) is 3.41. The van der Waals surface area contributed by atoms with Crippen molar-refractivity contribution in [2.75, 3.05) is 6.26 Å². The Hall–Kier alpha value is -0.900. The standard InChI is InChI=1S/C13H21NO2S/c1-12(2,3)10-7-8-14-11(9-10)13(4,5)17(6,15)16/h7-9H,1-6H3. The van der Waals surface area contributed by atoms with Crippen LogP contribution in [0.1, 0.15) is 45.9 Å². The van der Waals surface area contributed by atoms with Gasteiger partial charge in [-0.05, 0) is 37.0 Å². The van der Waals surface area contributed by atoms with E-state index in [0.717, 1.165) is 5.56 Å². The third kappa shape index (κ3) is 2.86. The van der Waals surface area contributed by atoms with Crippen molar-refractivity contribution in [3.63, 3.8) is 0 Å². The van der Waals surface area contributed by atoms with E-state index in [1.54, 1.807) is 20.0 Å². The predicted octanol–water partition coefficient (Wildman–Crippen LogP) is 2.66. The third-order valence-corrected chi connectivity index (χ3v) is 5.23. The number of rotatable bonds is 2. The molecule has 0 atom stereocenters. The van der Waals surface area contributed by atoms with Gasteiger partial charge in [0.25, 0.3) is 0 Å². The molecule has 0 saturated heterocycles. The van der Waals surface area contributed by atoms with Crippen molar-refractivity contribution in [1.82, 2.24) is 4.98 Å². The molecule has 0 aromatic carbocycles. The van der Waals surface area contributed by atoms with E-state index in [1.807, 2.05) is 12.1 Å². The van der Waals surface area contributed by atoms with Crippen LogP contribution in [-0.2, 0) is 20.0 Å². The smallest absolute Gasteiger partial charge is 0.158 e. The molecule has 1 heterocycles. The molecule has 0 fully saturated rings. The quantitative estimate of drug-likeness (QED) is 0.816. The van der Waals surface area contributed by atoms with Gasteiger partial charge in [-0.1, -0.05) is 20.8 Å². The van der Waals surface area contributed by atoms with Gasteiger partial charge in [0.2, 0.25) is 0 Å². The van der Waals surface area contributed by atoms with Crippen LogP contribution in [0.15, 0.2) is 18.3 Å². The number of hydrogen-bond donors (Lipinski definition) is 0. The molecule has 0 aliphatic rings. The molecule has 0 amide bonds. The minimum absolute atomic E-state index is 0.00866. The van der Waals surface area contributed by atoms with Crippen molar-refractivity contribution in [3.05, 3.63) is 29.6 Å². The topological polar surface area (TPSA) is 47.0 Å². The molecular weight excluding hydrogens is 234 g/mol. The second kappa shape index (κ2) is 4.09. The second-order valence-electron chi connectivity index (χ2n) is 5.96. The van der Waals surface area contributed by atoms with Crippen LogP contribution in [0.3, 0.4) is 0 Å². The summed E-state index contributed by atoms with van der Waals surface area (Å²) in [6.45, 7) is 9.67. The van der Waals surface area contributed by atoms with Gasteiger partial charge in [0.1, 0.15) is 4.75 Å². The highest BCUT2D eigenvalue weighted by atomic mass is 32.2. The maximum atomic E-state index is 11.8. The molecular formula is C13H21NO2S. The average molecular weight is 255 g/mol. The molecule has 0 aliphatic carbocycles. The summed E-state index contributed by atoms with van der Waals surface area (Å²) >= 11 is 0. The Labute approximate surface area is 104 Å². The van der Waals surface area contributed by atoms with Gasteiger partial charge in [-0.15, -0.1) is 0 Å². The van der Waals surface area contributed by atoms with Gasteiger partial charge in [0.05, 0.1) is 5.69 Å². The highest BCUT2D eigenvalue weighted by Gasteiger charge is 2.34. The molecule has 0 spiro atoms. The lowest BCUT2D eigenvalue weighted by Crippen LogP contribution is -2.29. The molecule has 1 aromatic rings. The molecule has 4 heteroatoms. The number of aromatic nitrogens is 1. The highest BCUT2D eigenvalue weighted by molar-refractivity contribution is 7.91. The van der Waals surface area contributed by atoms with E-state index in [2.05, 4.69) is 25.8 Å². The van der Waals surface area contributed by atoms with Gasteiger partial charge in [-0.25, -0.2) is 8.42 Å². The van der Waals surface area contributed by atoms with Gasteiger partial charge < -0.3 is 0 Å². The molecule has 3 nitrogen and oxygen atoms in total. The van der Waals surface area contributed by atoms with Crippen LogP contribution in [0.2, 0.25) is 0 Å². The first-order chi connectivity index (χ1) is 7.46. The molecule has 1 aromatic heterocycles. The van der Waals surface area contributed by atoms with Crippen LogP contribution in [0.5, 0.6) is 0 Å². The van der Waals surface area contributed by atoms with E-state index in [1.165, 1.54) is 6.26 Å². The largest absolute Gasteiger partial charge is 0.260 e. The van der Waals surface area contributed by atoms with E-state index < -0.39 is 14.6 Å². The summed E-state index contributed by atoms with van der Waals surface area (Å²) in [4.78, 5) is 4.21. The fourth-order valence-electron chi connectivity index (χ4n) is 1.42. The van der Waals surface area contributed by atoms with E-state index >= 15 is 0 Å². The van der Waals surface area contributed by atoms with Gasteiger partial charge in [-0.3, -0.25) is 4.98 Å². The first-order valence-corrected chi connectivity index (χ1v) is 7.52. The second-order valence-corrected chi connectivity index (χ2v) is 8.53. The summed E-state index contributed by atoms with van der Waals surface area (Å²) in [5.74, 6) is 0. The van der Waals surface area contributed by atoms with Gasteiger partial charge in [0, 0.05) is 12.5 Å². The Bertz CT molecular complexity index is 510. The molecule has 0 N–H and O–H groups in total. The predicted molar refractivity (Wildman–Crippen MR) is 70.8 cm³/mol. The zero-order valence-corrected chi connectivity index (χ0v) is 12.2. The molecule has 0 unspecified atom stereocenters. The molecule has 0 radical (unpaired) electrons. The summed E-state index contributed by atoms with van der Waals surface area (Å²) in [7, 11) is -3.18. The van der Waals surface area contributed by atoms with Crippen LogP contribution in [0, 0.1) is 0 Å². The third-order valence-electron chi connectivity index (χ3n) is 3.17. The molecule has 0 bridgehead atoms. The van der Waals surface area contributed by atoms with E-state index in [-0.39, 0.29) is 5.41 Å². The van der Waals surface area contributed by atoms with Gasteiger partial charge >= 0.3 is 0 Å². The molecule has 0 saturated carbocycles. The summed E-state index contributed by atoms with van der Waals surface area (Å²) in [6.07, 6.45) is 2.93.